The fourth-order valence-electron chi connectivity index (χ4n) is 1.84. The zero-order valence-corrected chi connectivity index (χ0v) is 11.8. The third kappa shape index (κ3) is 6.04. The maximum Gasteiger partial charge on any atom is 0.242 e. The second-order valence-corrected chi connectivity index (χ2v) is 4.86. The lowest BCUT2D eigenvalue weighted by molar-refractivity contribution is -0.128. The predicted molar refractivity (Wildman–Crippen MR) is 75.6 cm³/mol. The van der Waals surface area contributed by atoms with Gasteiger partial charge in [0.25, 0.3) is 0 Å². The Morgan fingerprint density at radius 3 is 2.32 bits per heavy atom. The average Bonchev–Trinajstić information content (AvgIpc) is 2.36. The first-order valence-corrected chi connectivity index (χ1v) is 6.60. The van der Waals surface area contributed by atoms with Crippen LogP contribution in [-0.4, -0.2) is 23.9 Å². The first-order chi connectivity index (χ1) is 8.99. The van der Waals surface area contributed by atoms with Gasteiger partial charge < -0.3 is 10.6 Å². The summed E-state index contributed by atoms with van der Waals surface area (Å²) in [6, 6.07) is 9.77. The number of carbonyl (C=O) groups is 2. The highest BCUT2D eigenvalue weighted by Gasteiger charge is 2.15. The summed E-state index contributed by atoms with van der Waals surface area (Å²) >= 11 is 0. The standard InChI is InChI=1S/C15H22N2O2/c1-11(9-10-14-7-5-4-6-8-14)16-15(19)12(2)17-13(3)18/h4-8,11-12H,9-10H2,1-3H3,(H,16,19)(H,17,18)/t11-,12+/m0/s1. The van der Waals surface area contributed by atoms with E-state index in [4.69, 9.17) is 0 Å². The number of aryl methyl sites for hydroxylation is 1. The molecular weight excluding hydrogens is 240 g/mol. The minimum atomic E-state index is -0.489. The summed E-state index contributed by atoms with van der Waals surface area (Å²) in [4.78, 5) is 22.6. The van der Waals surface area contributed by atoms with Crippen molar-refractivity contribution in [1.29, 1.82) is 0 Å². The Kier molecular flexibility index (Phi) is 6.06. The maximum absolute atomic E-state index is 11.8. The molecule has 0 fully saturated rings. The summed E-state index contributed by atoms with van der Waals surface area (Å²) in [6.07, 6.45) is 1.80. The van der Waals surface area contributed by atoms with E-state index in [1.165, 1.54) is 12.5 Å². The molecule has 0 aromatic heterocycles. The highest BCUT2D eigenvalue weighted by atomic mass is 16.2. The first-order valence-electron chi connectivity index (χ1n) is 6.60. The molecule has 1 rings (SSSR count). The van der Waals surface area contributed by atoms with Gasteiger partial charge in [0.05, 0.1) is 0 Å². The summed E-state index contributed by atoms with van der Waals surface area (Å²) in [5.41, 5.74) is 1.26. The van der Waals surface area contributed by atoms with Crippen LogP contribution in [0, 0.1) is 0 Å². The van der Waals surface area contributed by atoms with Crippen molar-refractivity contribution in [3.05, 3.63) is 35.9 Å². The Balaban J connectivity index is 2.32. The Morgan fingerprint density at radius 1 is 1.11 bits per heavy atom. The van der Waals surface area contributed by atoms with Crippen LogP contribution in [0.5, 0.6) is 0 Å². The number of benzene rings is 1. The highest BCUT2D eigenvalue weighted by molar-refractivity contribution is 5.86. The van der Waals surface area contributed by atoms with Crippen molar-refractivity contribution >= 4 is 11.8 Å². The van der Waals surface area contributed by atoms with Crippen molar-refractivity contribution < 1.29 is 9.59 Å². The van der Waals surface area contributed by atoms with Gasteiger partial charge in [-0.05, 0) is 32.3 Å². The Bertz CT molecular complexity index is 417. The molecule has 2 amide bonds. The van der Waals surface area contributed by atoms with Crippen molar-refractivity contribution in [2.75, 3.05) is 0 Å². The van der Waals surface area contributed by atoms with Gasteiger partial charge in [-0.15, -0.1) is 0 Å². The van der Waals surface area contributed by atoms with Gasteiger partial charge in [0.1, 0.15) is 6.04 Å². The lowest BCUT2D eigenvalue weighted by Crippen LogP contribution is -2.46. The van der Waals surface area contributed by atoms with Gasteiger partial charge in [0, 0.05) is 13.0 Å². The van der Waals surface area contributed by atoms with Gasteiger partial charge in [0.2, 0.25) is 11.8 Å². The normalized spacial score (nSPS) is 13.4. The fourth-order valence-corrected chi connectivity index (χ4v) is 1.84. The molecule has 0 spiro atoms. The Labute approximate surface area is 114 Å². The van der Waals surface area contributed by atoms with E-state index in [0.29, 0.717) is 0 Å². The smallest absolute Gasteiger partial charge is 0.242 e. The van der Waals surface area contributed by atoms with Gasteiger partial charge in [-0.3, -0.25) is 9.59 Å². The predicted octanol–water partition coefficient (Wildman–Crippen LogP) is 1.65. The van der Waals surface area contributed by atoms with Crippen LogP contribution >= 0.6 is 0 Å². The van der Waals surface area contributed by atoms with Crippen LogP contribution < -0.4 is 10.6 Å². The number of amides is 2. The Morgan fingerprint density at radius 2 is 1.74 bits per heavy atom. The van der Waals surface area contributed by atoms with E-state index in [9.17, 15) is 9.59 Å². The van der Waals surface area contributed by atoms with Crippen molar-refractivity contribution in [2.24, 2.45) is 0 Å². The molecule has 0 aliphatic heterocycles. The lowest BCUT2D eigenvalue weighted by atomic mass is 10.1. The van der Waals surface area contributed by atoms with E-state index in [2.05, 4.69) is 22.8 Å². The van der Waals surface area contributed by atoms with Crippen molar-refractivity contribution in [1.82, 2.24) is 10.6 Å². The van der Waals surface area contributed by atoms with Crippen molar-refractivity contribution in [2.45, 2.75) is 45.7 Å². The first kappa shape index (κ1) is 15.2. The number of rotatable bonds is 6. The molecule has 4 heteroatoms. The summed E-state index contributed by atoms with van der Waals surface area (Å²) in [6.45, 7) is 5.06. The third-order valence-corrected chi connectivity index (χ3v) is 2.91. The van der Waals surface area contributed by atoms with E-state index in [-0.39, 0.29) is 17.9 Å². The second-order valence-electron chi connectivity index (χ2n) is 4.86. The number of hydrogen-bond donors (Lipinski definition) is 2. The highest BCUT2D eigenvalue weighted by Crippen LogP contribution is 2.04. The molecule has 2 atom stereocenters. The molecule has 0 saturated carbocycles. The third-order valence-electron chi connectivity index (χ3n) is 2.91. The number of hydrogen-bond acceptors (Lipinski definition) is 2. The Hall–Kier alpha value is -1.84. The monoisotopic (exact) mass is 262 g/mol. The van der Waals surface area contributed by atoms with Crippen LogP contribution in [0.2, 0.25) is 0 Å². The zero-order chi connectivity index (χ0) is 14.3. The van der Waals surface area contributed by atoms with E-state index in [1.807, 2.05) is 25.1 Å². The fraction of sp³-hybridized carbons (Fsp3) is 0.467. The van der Waals surface area contributed by atoms with Gasteiger partial charge in [-0.2, -0.15) is 0 Å². The van der Waals surface area contributed by atoms with Crippen LogP contribution in [0.1, 0.15) is 32.8 Å². The minimum absolute atomic E-state index is 0.0870. The van der Waals surface area contributed by atoms with Crippen molar-refractivity contribution in [3.8, 4) is 0 Å². The molecular formula is C15H22N2O2. The topological polar surface area (TPSA) is 58.2 Å². The van der Waals surface area contributed by atoms with E-state index < -0.39 is 6.04 Å². The van der Waals surface area contributed by atoms with Gasteiger partial charge >= 0.3 is 0 Å². The molecule has 4 nitrogen and oxygen atoms in total. The molecule has 1 aromatic carbocycles. The van der Waals surface area contributed by atoms with Gasteiger partial charge in [0.15, 0.2) is 0 Å². The van der Waals surface area contributed by atoms with Crippen LogP contribution in [0.3, 0.4) is 0 Å². The molecule has 0 radical (unpaired) electrons. The summed E-state index contributed by atoms with van der Waals surface area (Å²) in [5.74, 6) is -0.338. The molecule has 0 heterocycles. The molecule has 0 saturated heterocycles. The molecule has 104 valence electrons. The van der Waals surface area contributed by atoms with E-state index in [0.717, 1.165) is 12.8 Å². The van der Waals surface area contributed by atoms with Crippen LogP contribution in [0.4, 0.5) is 0 Å². The van der Waals surface area contributed by atoms with Crippen molar-refractivity contribution in [3.63, 3.8) is 0 Å². The molecule has 0 aliphatic carbocycles. The minimum Gasteiger partial charge on any atom is -0.352 e. The average molecular weight is 262 g/mol. The second kappa shape index (κ2) is 7.56. The lowest BCUT2D eigenvalue weighted by Gasteiger charge is -2.18. The quantitative estimate of drug-likeness (QED) is 0.819. The molecule has 2 N–H and O–H groups in total. The van der Waals surface area contributed by atoms with Gasteiger partial charge in [-0.25, -0.2) is 0 Å². The molecule has 0 unspecified atom stereocenters. The van der Waals surface area contributed by atoms with Crippen LogP contribution in [0.25, 0.3) is 0 Å². The molecule has 19 heavy (non-hydrogen) atoms. The summed E-state index contributed by atoms with van der Waals surface area (Å²) in [7, 11) is 0. The maximum atomic E-state index is 11.8. The summed E-state index contributed by atoms with van der Waals surface area (Å²) in [5, 5.41) is 5.47. The van der Waals surface area contributed by atoms with E-state index >= 15 is 0 Å². The zero-order valence-electron chi connectivity index (χ0n) is 11.8. The summed E-state index contributed by atoms with van der Waals surface area (Å²) < 4.78 is 0. The number of nitrogens with one attached hydrogen (secondary N) is 2. The van der Waals surface area contributed by atoms with Crippen LogP contribution in [0.15, 0.2) is 30.3 Å². The van der Waals surface area contributed by atoms with Crippen LogP contribution in [-0.2, 0) is 16.0 Å². The largest absolute Gasteiger partial charge is 0.352 e. The molecule has 1 aromatic rings. The SMILES string of the molecule is CC(=O)N[C@H](C)C(=O)N[C@@H](C)CCc1ccccc1. The molecule has 0 bridgehead atoms. The molecule has 0 aliphatic rings. The van der Waals surface area contributed by atoms with E-state index in [1.54, 1.807) is 6.92 Å². The number of carbonyl (C=O) groups excluding carboxylic acids is 2. The van der Waals surface area contributed by atoms with Gasteiger partial charge in [-0.1, -0.05) is 30.3 Å².